The van der Waals surface area contributed by atoms with Crippen LogP contribution in [0.15, 0.2) is 47.1 Å². The number of rotatable bonds is 9. The molecule has 1 aliphatic heterocycles. The quantitative estimate of drug-likeness (QED) is 0.533. The Morgan fingerprint density at radius 2 is 1.87 bits per heavy atom. The number of likely N-dealkylation sites (tertiary alicyclic amines) is 1. The molecule has 2 N–H and O–H groups in total. The number of hydrogen-bond acceptors (Lipinski definition) is 7. The number of aromatic nitrogens is 2. The average Bonchev–Trinajstić information content (AvgIpc) is 3.56. The summed E-state index contributed by atoms with van der Waals surface area (Å²) in [7, 11) is 0. The molecular formula is C24H29N5O2. The van der Waals surface area contributed by atoms with Crippen LogP contribution < -0.4 is 15.4 Å². The number of nitrogens with zero attached hydrogens (tertiary/aromatic N) is 3. The number of fused-ring (bicyclic) bond motifs is 1. The lowest BCUT2D eigenvalue weighted by atomic mass is 10.2. The number of benzene rings is 1. The van der Waals surface area contributed by atoms with Crippen molar-refractivity contribution in [3.8, 4) is 5.75 Å². The van der Waals surface area contributed by atoms with Crippen molar-refractivity contribution in [2.45, 2.75) is 38.6 Å². The highest BCUT2D eigenvalue weighted by molar-refractivity contribution is 5.59. The first-order valence-electron chi connectivity index (χ1n) is 11.2. The van der Waals surface area contributed by atoms with Crippen molar-refractivity contribution in [1.82, 2.24) is 14.9 Å². The molecule has 1 saturated heterocycles. The fourth-order valence-corrected chi connectivity index (χ4v) is 4.28. The standard InChI is InChI=1S/C24H29N5O2/c1-2-13-29(12-1)14-16-31-19-10-8-18(9-11-19)26-24-27-22-7-3-6-21(22)23(28-24)25-17-20-5-4-15-30-20/h4-5,8-11,15H,1-3,6-7,12-14,16-17H2,(H2,25,26,27,28). The molecule has 0 amide bonds. The predicted octanol–water partition coefficient (Wildman–Crippen LogP) is 4.39. The Morgan fingerprint density at radius 3 is 2.68 bits per heavy atom. The second-order valence-corrected chi connectivity index (χ2v) is 8.15. The van der Waals surface area contributed by atoms with Crippen LogP contribution in [0, 0.1) is 0 Å². The van der Waals surface area contributed by atoms with E-state index in [1.807, 2.05) is 36.4 Å². The topological polar surface area (TPSA) is 75.5 Å². The van der Waals surface area contributed by atoms with E-state index < -0.39 is 0 Å². The lowest BCUT2D eigenvalue weighted by Gasteiger charge is -2.15. The van der Waals surface area contributed by atoms with E-state index in [1.54, 1.807) is 6.26 Å². The van der Waals surface area contributed by atoms with E-state index in [-0.39, 0.29) is 0 Å². The molecule has 5 rings (SSSR count). The van der Waals surface area contributed by atoms with Crippen LogP contribution in [0.4, 0.5) is 17.5 Å². The van der Waals surface area contributed by atoms with Crippen molar-refractivity contribution < 1.29 is 9.15 Å². The summed E-state index contributed by atoms with van der Waals surface area (Å²) in [6, 6.07) is 11.9. The van der Waals surface area contributed by atoms with E-state index in [1.165, 1.54) is 31.5 Å². The zero-order valence-electron chi connectivity index (χ0n) is 17.8. The van der Waals surface area contributed by atoms with E-state index >= 15 is 0 Å². The van der Waals surface area contributed by atoms with E-state index in [2.05, 4.69) is 15.5 Å². The SMILES string of the molecule is c1coc(CNc2nc(Nc3ccc(OCCN4CCCC4)cc3)nc3c2CCC3)c1. The molecule has 31 heavy (non-hydrogen) atoms. The second-order valence-electron chi connectivity index (χ2n) is 8.15. The Balaban J connectivity index is 1.21. The summed E-state index contributed by atoms with van der Waals surface area (Å²) >= 11 is 0. The number of ether oxygens (including phenoxy) is 1. The molecule has 3 aromatic rings. The van der Waals surface area contributed by atoms with E-state index in [9.17, 15) is 0 Å². The maximum atomic E-state index is 5.90. The zero-order chi connectivity index (χ0) is 20.9. The molecule has 0 bridgehead atoms. The second kappa shape index (κ2) is 9.39. The van der Waals surface area contributed by atoms with Gasteiger partial charge in [-0.15, -0.1) is 0 Å². The lowest BCUT2D eigenvalue weighted by Crippen LogP contribution is -2.25. The molecule has 7 nitrogen and oxygen atoms in total. The third-order valence-electron chi connectivity index (χ3n) is 5.93. The van der Waals surface area contributed by atoms with E-state index in [4.69, 9.17) is 19.1 Å². The monoisotopic (exact) mass is 419 g/mol. The molecule has 162 valence electrons. The van der Waals surface area contributed by atoms with Gasteiger partial charge in [0.1, 0.15) is 23.9 Å². The van der Waals surface area contributed by atoms with Crippen LogP contribution in [0.25, 0.3) is 0 Å². The van der Waals surface area contributed by atoms with Crippen LogP contribution >= 0.6 is 0 Å². The number of nitrogens with one attached hydrogen (secondary N) is 2. The molecule has 3 heterocycles. The summed E-state index contributed by atoms with van der Waals surface area (Å²) in [6.07, 6.45) is 7.43. The Bertz CT molecular complexity index is 982. The van der Waals surface area contributed by atoms with Gasteiger partial charge in [0.15, 0.2) is 0 Å². The van der Waals surface area contributed by atoms with Gasteiger partial charge >= 0.3 is 0 Å². The summed E-state index contributed by atoms with van der Waals surface area (Å²) in [5.74, 6) is 3.29. The fraction of sp³-hybridized carbons (Fsp3) is 0.417. The van der Waals surface area contributed by atoms with Gasteiger partial charge in [-0.3, -0.25) is 4.90 Å². The maximum Gasteiger partial charge on any atom is 0.229 e. The molecule has 2 aromatic heterocycles. The molecule has 7 heteroatoms. The number of aryl methyl sites for hydroxylation is 1. The van der Waals surface area contributed by atoms with Gasteiger partial charge in [-0.1, -0.05) is 0 Å². The van der Waals surface area contributed by atoms with Crippen LogP contribution in [0.1, 0.15) is 36.3 Å². The van der Waals surface area contributed by atoms with Gasteiger partial charge in [0.05, 0.1) is 18.5 Å². The van der Waals surface area contributed by atoms with Crippen molar-refractivity contribution >= 4 is 17.5 Å². The molecule has 1 aliphatic carbocycles. The minimum Gasteiger partial charge on any atom is -0.492 e. The third-order valence-corrected chi connectivity index (χ3v) is 5.93. The summed E-state index contributed by atoms with van der Waals surface area (Å²) in [5.41, 5.74) is 3.29. The molecule has 0 radical (unpaired) electrons. The Morgan fingerprint density at radius 1 is 1.00 bits per heavy atom. The number of hydrogen-bond donors (Lipinski definition) is 2. The first-order chi connectivity index (χ1) is 15.3. The lowest BCUT2D eigenvalue weighted by molar-refractivity contribution is 0.238. The molecule has 0 unspecified atom stereocenters. The number of anilines is 3. The third kappa shape index (κ3) is 4.99. The molecule has 1 fully saturated rings. The van der Waals surface area contributed by atoms with Gasteiger partial charge in [-0.05, 0) is 81.6 Å². The van der Waals surface area contributed by atoms with Gasteiger partial charge in [-0.25, -0.2) is 4.98 Å². The fourth-order valence-electron chi connectivity index (χ4n) is 4.28. The summed E-state index contributed by atoms with van der Waals surface area (Å²) in [5, 5.41) is 6.77. The van der Waals surface area contributed by atoms with Crippen LogP contribution in [-0.2, 0) is 19.4 Å². The molecule has 2 aliphatic rings. The van der Waals surface area contributed by atoms with Gasteiger partial charge in [-0.2, -0.15) is 4.98 Å². The van der Waals surface area contributed by atoms with Gasteiger partial charge in [0.2, 0.25) is 5.95 Å². The highest BCUT2D eigenvalue weighted by Crippen LogP contribution is 2.29. The Kier molecular flexibility index (Phi) is 6.02. The van der Waals surface area contributed by atoms with Gasteiger partial charge in [0, 0.05) is 17.8 Å². The van der Waals surface area contributed by atoms with Gasteiger partial charge in [0.25, 0.3) is 0 Å². The maximum absolute atomic E-state index is 5.90. The van der Waals surface area contributed by atoms with Crippen molar-refractivity contribution in [2.24, 2.45) is 0 Å². The first kappa shape index (κ1) is 19.9. The predicted molar refractivity (Wildman–Crippen MR) is 121 cm³/mol. The summed E-state index contributed by atoms with van der Waals surface area (Å²) in [4.78, 5) is 11.9. The largest absolute Gasteiger partial charge is 0.492 e. The normalized spacial score (nSPS) is 15.7. The average molecular weight is 420 g/mol. The van der Waals surface area contributed by atoms with Crippen LogP contribution in [-0.4, -0.2) is 41.1 Å². The summed E-state index contributed by atoms with van der Waals surface area (Å²) in [6.45, 7) is 4.73. The minimum absolute atomic E-state index is 0.610. The molecular weight excluding hydrogens is 390 g/mol. The molecule has 1 aromatic carbocycles. The van der Waals surface area contributed by atoms with Crippen molar-refractivity contribution in [1.29, 1.82) is 0 Å². The highest BCUT2D eigenvalue weighted by atomic mass is 16.5. The molecule has 0 spiro atoms. The van der Waals surface area contributed by atoms with Crippen LogP contribution in [0.3, 0.4) is 0 Å². The van der Waals surface area contributed by atoms with E-state index in [0.717, 1.165) is 61.1 Å². The minimum atomic E-state index is 0.610. The Hall–Kier alpha value is -3.06. The zero-order valence-corrected chi connectivity index (χ0v) is 17.8. The highest BCUT2D eigenvalue weighted by Gasteiger charge is 2.19. The first-order valence-corrected chi connectivity index (χ1v) is 11.2. The molecule has 0 saturated carbocycles. The summed E-state index contributed by atoms with van der Waals surface area (Å²) < 4.78 is 11.3. The van der Waals surface area contributed by atoms with Gasteiger partial charge < -0.3 is 19.8 Å². The molecule has 0 atom stereocenters. The van der Waals surface area contributed by atoms with Crippen LogP contribution in [0.2, 0.25) is 0 Å². The Labute approximate surface area is 182 Å². The van der Waals surface area contributed by atoms with Crippen molar-refractivity contribution in [2.75, 3.05) is 36.9 Å². The van der Waals surface area contributed by atoms with Crippen molar-refractivity contribution in [3.63, 3.8) is 0 Å². The smallest absolute Gasteiger partial charge is 0.229 e. The van der Waals surface area contributed by atoms with E-state index in [0.29, 0.717) is 12.5 Å². The van der Waals surface area contributed by atoms with Crippen molar-refractivity contribution in [3.05, 3.63) is 59.7 Å². The van der Waals surface area contributed by atoms with Crippen LogP contribution in [0.5, 0.6) is 5.75 Å². The number of furan rings is 1.